The molecule has 0 unspecified atom stereocenters. The van der Waals surface area contributed by atoms with Gasteiger partial charge in [0, 0.05) is 36.1 Å². The zero-order valence-corrected chi connectivity index (χ0v) is 19.4. The van der Waals surface area contributed by atoms with E-state index in [0.29, 0.717) is 17.6 Å². The molecular weight excluding hydrogens is 398 g/mol. The van der Waals surface area contributed by atoms with E-state index >= 15 is 0 Å². The Labute approximate surface area is 192 Å². The molecule has 0 bridgehead atoms. The number of anilines is 1. The molecule has 1 saturated heterocycles. The summed E-state index contributed by atoms with van der Waals surface area (Å²) in [6.07, 6.45) is 13.6. The van der Waals surface area contributed by atoms with E-state index in [1.54, 1.807) is 0 Å². The van der Waals surface area contributed by atoms with Crippen LogP contribution in [0.1, 0.15) is 68.6 Å². The molecule has 1 aliphatic heterocycles. The largest absolute Gasteiger partial charge is 0.352 e. The average Bonchev–Trinajstić information content (AvgIpc) is 2.84. The Bertz CT molecular complexity index is 838. The highest BCUT2D eigenvalue weighted by molar-refractivity contribution is 5.94. The Kier molecular flexibility index (Phi) is 8.10. The molecule has 0 radical (unpaired) electrons. The van der Waals surface area contributed by atoms with Gasteiger partial charge < -0.3 is 15.5 Å². The van der Waals surface area contributed by atoms with E-state index in [0.717, 1.165) is 36.6 Å². The second-order valence-electron chi connectivity index (χ2n) is 9.49. The lowest BCUT2D eigenvalue weighted by Gasteiger charge is -2.30. The van der Waals surface area contributed by atoms with Crippen LogP contribution in [0.4, 0.5) is 5.95 Å². The number of carbonyl (C=O) groups excluding carboxylic acids is 1. The van der Waals surface area contributed by atoms with Crippen molar-refractivity contribution in [2.24, 2.45) is 5.92 Å². The van der Waals surface area contributed by atoms with Crippen LogP contribution in [0.3, 0.4) is 0 Å². The van der Waals surface area contributed by atoms with E-state index in [2.05, 4.69) is 32.4 Å². The number of hydrogen-bond acceptors (Lipinski definition) is 5. The van der Waals surface area contributed by atoms with Gasteiger partial charge in [0.2, 0.25) is 5.95 Å². The van der Waals surface area contributed by atoms with E-state index in [9.17, 15) is 4.79 Å². The van der Waals surface area contributed by atoms with Crippen LogP contribution < -0.4 is 10.6 Å². The molecule has 1 aromatic heterocycles. The predicted octanol–water partition coefficient (Wildman–Crippen LogP) is 4.74. The molecule has 172 valence electrons. The maximum atomic E-state index is 12.5. The Balaban J connectivity index is 1.22. The molecule has 6 heteroatoms. The van der Waals surface area contributed by atoms with Gasteiger partial charge in [-0.2, -0.15) is 0 Å². The fraction of sp³-hybridized carbons (Fsp3) is 0.577. The standard InChI is InChI=1S/C26H37N5O/c1-20-12-16-31(17-13-20)15-5-14-27-25(32)22-10-8-21(9-11-22)23-18-28-26(29-19-23)30-24-6-3-2-4-7-24/h8-11,18-20,24H,2-7,12-17H2,1H3,(H,27,32)(H,28,29,30). The molecule has 4 rings (SSSR count). The summed E-state index contributed by atoms with van der Waals surface area (Å²) in [4.78, 5) is 24.0. The zero-order chi connectivity index (χ0) is 22.2. The van der Waals surface area contributed by atoms with Gasteiger partial charge in [-0.25, -0.2) is 9.97 Å². The summed E-state index contributed by atoms with van der Waals surface area (Å²) in [5, 5.41) is 6.51. The first kappa shape index (κ1) is 22.7. The Hall–Kier alpha value is -2.47. The van der Waals surface area contributed by atoms with Crippen molar-refractivity contribution in [1.29, 1.82) is 0 Å². The van der Waals surface area contributed by atoms with Crippen LogP contribution in [0.25, 0.3) is 11.1 Å². The summed E-state index contributed by atoms with van der Waals surface area (Å²) in [6.45, 7) is 6.50. The lowest BCUT2D eigenvalue weighted by molar-refractivity contribution is 0.0950. The molecule has 2 aromatic rings. The Morgan fingerprint density at radius 2 is 1.66 bits per heavy atom. The van der Waals surface area contributed by atoms with Crippen molar-refractivity contribution in [3.8, 4) is 11.1 Å². The van der Waals surface area contributed by atoms with Crippen molar-refractivity contribution in [2.45, 2.75) is 64.3 Å². The third-order valence-electron chi connectivity index (χ3n) is 6.88. The highest BCUT2D eigenvalue weighted by Crippen LogP contribution is 2.22. The first-order valence-corrected chi connectivity index (χ1v) is 12.4. The molecule has 6 nitrogen and oxygen atoms in total. The lowest BCUT2D eigenvalue weighted by atomic mass is 9.96. The third-order valence-corrected chi connectivity index (χ3v) is 6.88. The van der Waals surface area contributed by atoms with Crippen molar-refractivity contribution in [2.75, 3.05) is 31.5 Å². The maximum Gasteiger partial charge on any atom is 0.251 e. The number of nitrogens with zero attached hydrogens (tertiary/aromatic N) is 3. The monoisotopic (exact) mass is 435 g/mol. The Morgan fingerprint density at radius 1 is 0.969 bits per heavy atom. The normalized spacial score (nSPS) is 18.4. The summed E-state index contributed by atoms with van der Waals surface area (Å²) in [5.74, 6) is 1.56. The van der Waals surface area contributed by atoms with Crippen LogP contribution in [0.5, 0.6) is 0 Å². The van der Waals surface area contributed by atoms with Gasteiger partial charge in [0.05, 0.1) is 0 Å². The summed E-state index contributed by atoms with van der Waals surface area (Å²) in [6, 6.07) is 8.19. The maximum absolute atomic E-state index is 12.5. The highest BCUT2D eigenvalue weighted by atomic mass is 16.1. The van der Waals surface area contributed by atoms with Crippen molar-refractivity contribution < 1.29 is 4.79 Å². The molecule has 0 atom stereocenters. The Morgan fingerprint density at radius 3 is 2.34 bits per heavy atom. The molecule has 2 N–H and O–H groups in total. The van der Waals surface area contributed by atoms with Crippen LogP contribution in [-0.4, -0.2) is 53.0 Å². The van der Waals surface area contributed by atoms with Gasteiger partial charge in [-0.15, -0.1) is 0 Å². The number of piperidine rings is 1. The van der Waals surface area contributed by atoms with Crippen LogP contribution in [0.2, 0.25) is 0 Å². The number of hydrogen-bond donors (Lipinski definition) is 2. The third kappa shape index (κ3) is 6.52. The molecule has 1 amide bonds. The molecule has 2 fully saturated rings. The number of aromatic nitrogens is 2. The minimum atomic E-state index is -0.00732. The van der Waals surface area contributed by atoms with Gasteiger partial charge in [0.1, 0.15) is 0 Å². The van der Waals surface area contributed by atoms with E-state index in [-0.39, 0.29) is 5.91 Å². The van der Waals surface area contributed by atoms with Crippen LogP contribution in [-0.2, 0) is 0 Å². The van der Waals surface area contributed by atoms with Crippen molar-refractivity contribution in [3.63, 3.8) is 0 Å². The zero-order valence-electron chi connectivity index (χ0n) is 19.4. The highest BCUT2D eigenvalue weighted by Gasteiger charge is 2.16. The van der Waals surface area contributed by atoms with E-state index in [1.807, 2.05) is 36.7 Å². The summed E-state index contributed by atoms with van der Waals surface area (Å²) in [5.41, 5.74) is 2.67. The SMILES string of the molecule is CC1CCN(CCCNC(=O)c2ccc(-c3cnc(NC4CCCCC4)nc3)cc2)CC1. The molecular formula is C26H37N5O. The van der Waals surface area contributed by atoms with Crippen LogP contribution in [0.15, 0.2) is 36.7 Å². The van der Waals surface area contributed by atoms with E-state index in [4.69, 9.17) is 0 Å². The molecule has 2 aliphatic rings. The molecule has 1 aliphatic carbocycles. The quantitative estimate of drug-likeness (QED) is 0.586. The molecule has 1 aromatic carbocycles. The summed E-state index contributed by atoms with van der Waals surface area (Å²) in [7, 11) is 0. The van der Waals surface area contributed by atoms with Gasteiger partial charge in [-0.05, 0) is 75.4 Å². The molecule has 0 spiro atoms. The van der Waals surface area contributed by atoms with Gasteiger partial charge in [-0.1, -0.05) is 38.3 Å². The molecule has 1 saturated carbocycles. The van der Waals surface area contributed by atoms with Crippen LogP contribution in [0, 0.1) is 5.92 Å². The van der Waals surface area contributed by atoms with Gasteiger partial charge in [-0.3, -0.25) is 4.79 Å². The second-order valence-corrected chi connectivity index (χ2v) is 9.49. The minimum absolute atomic E-state index is 0.00732. The second kappa shape index (κ2) is 11.4. The van der Waals surface area contributed by atoms with Gasteiger partial charge >= 0.3 is 0 Å². The average molecular weight is 436 g/mol. The number of nitrogens with one attached hydrogen (secondary N) is 2. The minimum Gasteiger partial charge on any atom is -0.352 e. The fourth-order valence-corrected chi connectivity index (χ4v) is 4.69. The number of likely N-dealkylation sites (tertiary alicyclic amines) is 1. The van der Waals surface area contributed by atoms with E-state index < -0.39 is 0 Å². The smallest absolute Gasteiger partial charge is 0.251 e. The molecule has 32 heavy (non-hydrogen) atoms. The number of benzene rings is 1. The fourth-order valence-electron chi connectivity index (χ4n) is 4.69. The van der Waals surface area contributed by atoms with Crippen molar-refractivity contribution in [1.82, 2.24) is 20.2 Å². The van der Waals surface area contributed by atoms with Gasteiger partial charge in [0.15, 0.2) is 0 Å². The topological polar surface area (TPSA) is 70.2 Å². The van der Waals surface area contributed by atoms with Crippen LogP contribution >= 0.6 is 0 Å². The van der Waals surface area contributed by atoms with Gasteiger partial charge in [0.25, 0.3) is 5.91 Å². The van der Waals surface area contributed by atoms with Crippen molar-refractivity contribution in [3.05, 3.63) is 42.2 Å². The number of rotatable bonds is 8. The first-order chi connectivity index (χ1) is 15.7. The first-order valence-electron chi connectivity index (χ1n) is 12.4. The lowest BCUT2D eigenvalue weighted by Crippen LogP contribution is -2.35. The van der Waals surface area contributed by atoms with E-state index in [1.165, 1.54) is 58.0 Å². The number of carbonyl (C=O) groups is 1. The molecule has 2 heterocycles. The van der Waals surface area contributed by atoms with Crippen molar-refractivity contribution >= 4 is 11.9 Å². The predicted molar refractivity (Wildman–Crippen MR) is 130 cm³/mol. The summed E-state index contributed by atoms with van der Waals surface area (Å²) >= 11 is 0. The number of amides is 1. The summed E-state index contributed by atoms with van der Waals surface area (Å²) < 4.78 is 0.